The van der Waals surface area contributed by atoms with Crippen LogP contribution in [-0.2, 0) is 10.9 Å². The third-order valence-corrected chi connectivity index (χ3v) is 4.58. The highest BCUT2D eigenvalue weighted by molar-refractivity contribution is 7.11. The lowest BCUT2D eigenvalue weighted by atomic mass is 9.87. The number of likely N-dealkylation sites (N-methyl/N-ethyl adjacent to an activating group) is 1. The van der Waals surface area contributed by atoms with Crippen LogP contribution in [0.4, 0.5) is 13.2 Å². The number of rotatable bonds is 6. The van der Waals surface area contributed by atoms with Gasteiger partial charge in [0.25, 0.3) is 0 Å². The van der Waals surface area contributed by atoms with Crippen LogP contribution < -0.4 is 5.32 Å². The van der Waals surface area contributed by atoms with E-state index in [0.29, 0.717) is 29.1 Å². The molecule has 0 amide bonds. The zero-order valence-corrected chi connectivity index (χ0v) is 12.3. The second-order valence-electron chi connectivity index (χ2n) is 4.26. The lowest BCUT2D eigenvalue weighted by Gasteiger charge is -2.37. The molecule has 0 fully saturated rings. The first kappa shape index (κ1) is 16.4. The van der Waals surface area contributed by atoms with E-state index in [2.05, 4.69) is 10.3 Å². The number of nitrogens with zero attached hydrogens (tertiary/aromatic N) is 1. The van der Waals surface area contributed by atoms with E-state index in [0.717, 1.165) is 0 Å². The molecule has 0 aliphatic rings. The van der Waals surface area contributed by atoms with Gasteiger partial charge in [0.15, 0.2) is 5.01 Å². The van der Waals surface area contributed by atoms with E-state index in [1.165, 1.54) is 6.20 Å². The molecule has 0 spiro atoms. The Balaban J connectivity index is 3.13. The van der Waals surface area contributed by atoms with E-state index >= 15 is 0 Å². The number of hydrogen-bond acceptors (Lipinski definition) is 4. The van der Waals surface area contributed by atoms with Gasteiger partial charge >= 0.3 is 6.18 Å². The number of alkyl halides is 3. The molecule has 1 aromatic heterocycles. The molecule has 1 rings (SSSR count). The Morgan fingerprint density at radius 1 is 1.37 bits per heavy atom. The van der Waals surface area contributed by atoms with Gasteiger partial charge in [0.05, 0.1) is 11.6 Å². The molecule has 7 heteroatoms. The van der Waals surface area contributed by atoms with Gasteiger partial charge in [0.2, 0.25) is 0 Å². The summed E-state index contributed by atoms with van der Waals surface area (Å²) in [5, 5.41) is 2.24. The number of hydrogen-bond donors (Lipinski definition) is 1. The van der Waals surface area contributed by atoms with Crippen molar-refractivity contribution in [2.45, 2.75) is 44.5 Å². The van der Waals surface area contributed by atoms with Crippen molar-refractivity contribution in [1.82, 2.24) is 10.3 Å². The largest absolute Gasteiger partial charge is 0.443 e. The molecule has 0 saturated heterocycles. The summed E-state index contributed by atoms with van der Waals surface area (Å²) < 4.78 is 43.4. The van der Waals surface area contributed by atoms with Crippen molar-refractivity contribution in [3.8, 4) is 0 Å². The molecule has 1 heterocycles. The fourth-order valence-electron chi connectivity index (χ4n) is 2.28. The highest BCUT2D eigenvalue weighted by Gasteiger charge is 2.40. The Kier molecular flexibility index (Phi) is 5.34. The van der Waals surface area contributed by atoms with Gasteiger partial charge in [-0.25, -0.2) is 4.98 Å². The van der Waals surface area contributed by atoms with E-state index in [9.17, 15) is 13.2 Å². The van der Waals surface area contributed by atoms with Crippen molar-refractivity contribution < 1.29 is 17.9 Å². The molecule has 1 N–H and O–H groups in total. The molecule has 0 bridgehead atoms. The molecule has 0 aromatic carbocycles. The normalized spacial score (nSPS) is 14.7. The maximum Gasteiger partial charge on any atom is 0.443 e. The topological polar surface area (TPSA) is 34.1 Å². The summed E-state index contributed by atoms with van der Waals surface area (Å²) >= 11 is 0.667. The summed E-state index contributed by atoms with van der Waals surface area (Å²) in [5.74, 6) is 0. The smallest absolute Gasteiger partial charge is 0.376 e. The minimum atomic E-state index is -4.39. The fourth-order valence-corrected chi connectivity index (χ4v) is 3.28. The molecule has 110 valence electrons. The van der Waals surface area contributed by atoms with Crippen molar-refractivity contribution in [3.05, 3.63) is 16.1 Å². The highest BCUT2D eigenvalue weighted by atomic mass is 32.1. The van der Waals surface area contributed by atoms with E-state index in [-0.39, 0.29) is 6.04 Å². The summed E-state index contributed by atoms with van der Waals surface area (Å²) in [7, 11) is 3.31. The van der Waals surface area contributed by atoms with Crippen LogP contribution in [0, 0.1) is 0 Å². The van der Waals surface area contributed by atoms with E-state index in [1.807, 2.05) is 13.8 Å². The van der Waals surface area contributed by atoms with Crippen molar-refractivity contribution in [1.29, 1.82) is 0 Å². The van der Waals surface area contributed by atoms with Crippen LogP contribution in [0.25, 0.3) is 0 Å². The number of nitrogens with one attached hydrogen (secondary N) is 1. The first-order valence-corrected chi connectivity index (χ1v) is 6.91. The average molecular weight is 296 g/mol. The van der Waals surface area contributed by atoms with E-state index in [1.54, 1.807) is 14.2 Å². The highest BCUT2D eigenvalue weighted by Crippen LogP contribution is 2.40. The van der Waals surface area contributed by atoms with Gasteiger partial charge < -0.3 is 10.1 Å². The Morgan fingerprint density at radius 2 is 1.95 bits per heavy atom. The number of thiazole rings is 1. The van der Waals surface area contributed by atoms with Gasteiger partial charge in [0.1, 0.15) is 0 Å². The predicted octanol–water partition coefficient (Wildman–Crippen LogP) is 3.63. The first-order valence-electron chi connectivity index (χ1n) is 6.10. The summed E-state index contributed by atoms with van der Waals surface area (Å²) in [6.07, 6.45) is -1.71. The maximum absolute atomic E-state index is 12.6. The van der Waals surface area contributed by atoms with Crippen LogP contribution in [0.5, 0.6) is 0 Å². The van der Waals surface area contributed by atoms with Crippen molar-refractivity contribution >= 4 is 11.3 Å². The molecule has 3 nitrogen and oxygen atoms in total. The molecule has 0 aliphatic carbocycles. The van der Waals surface area contributed by atoms with Gasteiger partial charge in [0, 0.05) is 18.2 Å². The first-order chi connectivity index (χ1) is 8.84. The van der Waals surface area contributed by atoms with Crippen LogP contribution in [0.2, 0.25) is 0 Å². The van der Waals surface area contributed by atoms with Crippen LogP contribution in [0.1, 0.15) is 42.6 Å². The molecule has 0 saturated carbocycles. The monoisotopic (exact) mass is 296 g/mol. The van der Waals surface area contributed by atoms with E-state index in [4.69, 9.17) is 4.74 Å². The quantitative estimate of drug-likeness (QED) is 0.870. The fraction of sp³-hybridized carbons (Fsp3) is 0.750. The summed E-state index contributed by atoms with van der Waals surface area (Å²) in [6, 6.07) is -0.305. The lowest BCUT2D eigenvalue weighted by Crippen LogP contribution is -2.43. The third kappa shape index (κ3) is 3.27. The third-order valence-electron chi connectivity index (χ3n) is 3.47. The standard InChI is InChI=1S/C12H19F3N2OS/c1-5-11(6-2,18-4)9(16-3)8-7-17-10(19-8)12(13,14)15/h7,9,16H,5-6H2,1-4H3. The molecular weight excluding hydrogens is 277 g/mol. The Hall–Kier alpha value is -0.660. The van der Waals surface area contributed by atoms with Crippen LogP contribution in [-0.4, -0.2) is 24.7 Å². The van der Waals surface area contributed by atoms with E-state index < -0.39 is 16.8 Å². The molecule has 1 unspecified atom stereocenters. The Bertz CT molecular complexity index is 394. The number of halogens is 3. The zero-order valence-electron chi connectivity index (χ0n) is 11.5. The number of aromatic nitrogens is 1. The predicted molar refractivity (Wildman–Crippen MR) is 69.2 cm³/mol. The Morgan fingerprint density at radius 3 is 2.26 bits per heavy atom. The van der Waals surface area contributed by atoms with Crippen LogP contribution >= 0.6 is 11.3 Å². The van der Waals surface area contributed by atoms with Crippen molar-refractivity contribution in [2.75, 3.05) is 14.2 Å². The minimum Gasteiger partial charge on any atom is -0.376 e. The zero-order chi connectivity index (χ0) is 14.7. The Labute approximate surface area is 115 Å². The summed E-state index contributed by atoms with van der Waals surface area (Å²) in [6.45, 7) is 3.92. The molecule has 0 radical (unpaired) electrons. The summed E-state index contributed by atoms with van der Waals surface area (Å²) in [4.78, 5) is 4.01. The molecular formula is C12H19F3N2OS. The number of ether oxygens (including phenoxy) is 1. The lowest BCUT2D eigenvalue weighted by molar-refractivity contribution is -0.137. The maximum atomic E-state index is 12.6. The number of methoxy groups -OCH3 is 1. The van der Waals surface area contributed by atoms with Crippen LogP contribution in [0.15, 0.2) is 6.20 Å². The van der Waals surface area contributed by atoms with Gasteiger partial charge in [-0.3, -0.25) is 0 Å². The summed E-state index contributed by atoms with van der Waals surface area (Å²) in [5.41, 5.74) is -0.524. The second-order valence-corrected chi connectivity index (χ2v) is 5.33. The van der Waals surface area contributed by atoms with Crippen molar-refractivity contribution in [2.24, 2.45) is 0 Å². The van der Waals surface area contributed by atoms with Gasteiger partial charge in [-0.05, 0) is 19.9 Å². The van der Waals surface area contributed by atoms with Crippen LogP contribution in [0.3, 0.4) is 0 Å². The molecule has 1 atom stereocenters. The van der Waals surface area contributed by atoms with Gasteiger partial charge in [-0.2, -0.15) is 13.2 Å². The molecule has 1 aromatic rings. The van der Waals surface area contributed by atoms with Gasteiger partial charge in [-0.15, -0.1) is 11.3 Å². The van der Waals surface area contributed by atoms with Crippen molar-refractivity contribution in [3.63, 3.8) is 0 Å². The van der Waals surface area contributed by atoms with Gasteiger partial charge in [-0.1, -0.05) is 13.8 Å². The molecule has 0 aliphatic heterocycles. The average Bonchev–Trinajstić information content (AvgIpc) is 2.85. The second kappa shape index (κ2) is 6.19. The minimum absolute atomic E-state index is 0.305. The SMILES string of the molecule is CCC(CC)(OC)C(NC)c1cnc(C(F)(F)F)s1. The molecule has 19 heavy (non-hydrogen) atoms.